The van der Waals surface area contributed by atoms with E-state index in [0.29, 0.717) is 11.6 Å². The van der Waals surface area contributed by atoms with Crippen LogP contribution in [0.2, 0.25) is 5.02 Å². The first kappa shape index (κ1) is 13.2. The van der Waals surface area contributed by atoms with Gasteiger partial charge in [-0.05, 0) is 31.0 Å². The molecular formula is C13H16ClNO3. The molecule has 1 aromatic carbocycles. The fourth-order valence-electron chi connectivity index (χ4n) is 2.05. The van der Waals surface area contributed by atoms with E-state index >= 15 is 0 Å². The van der Waals surface area contributed by atoms with E-state index in [2.05, 4.69) is 5.32 Å². The van der Waals surface area contributed by atoms with Gasteiger partial charge in [0.25, 0.3) is 0 Å². The monoisotopic (exact) mass is 269 g/mol. The number of anilines is 1. The molecule has 0 spiro atoms. The Morgan fingerprint density at radius 1 is 1.61 bits per heavy atom. The first-order chi connectivity index (χ1) is 8.70. The van der Waals surface area contributed by atoms with E-state index in [1.165, 1.54) is 7.11 Å². The van der Waals surface area contributed by atoms with Crippen LogP contribution in [0.15, 0.2) is 24.3 Å². The Labute approximate surface area is 111 Å². The molecule has 0 aromatic heterocycles. The Bertz CT molecular complexity index is 418. The number of benzene rings is 1. The smallest absolute Gasteiger partial charge is 0.331 e. The minimum absolute atomic E-state index is 0.142. The molecule has 5 heteroatoms. The Morgan fingerprint density at radius 2 is 2.44 bits per heavy atom. The maximum Gasteiger partial charge on any atom is 0.331 e. The summed E-state index contributed by atoms with van der Waals surface area (Å²) in [7, 11) is 1.38. The van der Waals surface area contributed by atoms with Crippen molar-refractivity contribution >= 4 is 23.3 Å². The molecule has 1 aromatic rings. The summed E-state index contributed by atoms with van der Waals surface area (Å²) >= 11 is 5.91. The summed E-state index contributed by atoms with van der Waals surface area (Å²) < 4.78 is 10.4. The maximum atomic E-state index is 11.8. The normalized spacial score (nSPS) is 20.4. The van der Waals surface area contributed by atoms with E-state index in [-0.39, 0.29) is 12.1 Å². The first-order valence-electron chi connectivity index (χ1n) is 5.92. The highest BCUT2D eigenvalue weighted by atomic mass is 35.5. The molecule has 0 bridgehead atoms. The summed E-state index contributed by atoms with van der Waals surface area (Å²) in [6.45, 7) is 0.690. The molecular weight excluding hydrogens is 254 g/mol. The van der Waals surface area contributed by atoms with E-state index in [0.717, 1.165) is 18.5 Å². The van der Waals surface area contributed by atoms with Crippen LogP contribution in [-0.2, 0) is 14.3 Å². The Hall–Kier alpha value is -1.26. The van der Waals surface area contributed by atoms with Crippen molar-refractivity contribution in [3.8, 4) is 0 Å². The number of nitrogens with one attached hydrogen (secondary N) is 1. The van der Waals surface area contributed by atoms with Crippen molar-refractivity contribution < 1.29 is 14.3 Å². The van der Waals surface area contributed by atoms with Gasteiger partial charge in [0.1, 0.15) is 0 Å². The Balaban J connectivity index is 2.11. The van der Waals surface area contributed by atoms with Crippen molar-refractivity contribution in [2.24, 2.45) is 0 Å². The van der Waals surface area contributed by atoms with Gasteiger partial charge in [-0.2, -0.15) is 0 Å². The minimum Gasteiger partial charge on any atom is -0.467 e. The fraction of sp³-hybridized carbons (Fsp3) is 0.462. The molecule has 0 radical (unpaired) electrons. The lowest BCUT2D eigenvalue weighted by atomic mass is 10.1. The number of methoxy groups -OCH3 is 1. The standard InChI is InChI=1S/C13H16ClNO3/c1-17-13(16)12(11-6-3-7-18-11)15-10-5-2-4-9(14)8-10/h2,4-5,8,11-12,15H,3,6-7H2,1H3. The van der Waals surface area contributed by atoms with Gasteiger partial charge in [-0.25, -0.2) is 4.79 Å². The zero-order valence-electron chi connectivity index (χ0n) is 10.2. The van der Waals surface area contributed by atoms with E-state index < -0.39 is 6.04 Å². The van der Waals surface area contributed by atoms with Gasteiger partial charge in [0.15, 0.2) is 6.04 Å². The average Bonchev–Trinajstić information content (AvgIpc) is 2.89. The molecule has 0 aliphatic carbocycles. The van der Waals surface area contributed by atoms with Gasteiger partial charge in [0.2, 0.25) is 0 Å². The quantitative estimate of drug-likeness (QED) is 0.853. The second-order valence-corrected chi connectivity index (χ2v) is 4.64. The van der Waals surface area contributed by atoms with Crippen LogP contribution < -0.4 is 5.32 Å². The summed E-state index contributed by atoms with van der Waals surface area (Å²) in [5.74, 6) is -0.318. The van der Waals surface area contributed by atoms with E-state index in [1.54, 1.807) is 12.1 Å². The number of esters is 1. The van der Waals surface area contributed by atoms with Gasteiger partial charge in [-0.15, -0.1) is 0 Å². The number of hydrogen-bond acceptors (Lipinski definition) is 4. The maximum absolute atomic E-state index is 11.8. The zero-order chi connectivity index (χ0) is 13.0. The predicted molar refractivity (Wildman–Crippen MR) is 69.9 cm³/mol. The van der Waals surface area contributed by atoms with E-state index in [4.69, 9.17) is 21.1 Å². The van der Waals surface area contributed by atoms with Gasteiger partial charge in [0.05, 0.1) is 13.2 Å². The molecule has 18 heavy (non-hydrogen) atoms. The van der Waals surface area contributed by atoms with Crippen molar-refractivity contribution in [3.05, 3.63) is 29.3 Å². The van der Waals surface area contributed by atoms with Crippen molar-refractivity contribution in [2.45, 2.75) is 25.0 Å². The molecule has 1 N–H and O–H groups in total. The molecule has 4 nitrogen and oxygen atoms in total. The number of hydrogen-bond donors (Lipinski definition) is 1. The second-order valence-electron chi connectivity index (χ2n) is 4.21. The first-order valence-corrected chi connectivity index (χ1v) is 6.30. The minimum atomic E-state index is -0.490. The summed E-state index contributed by atoms with van der Waals surface area (Å²) in [5.41, 5.74) is 0.786. The number of rotatable bonds is 4. The lowest BCUT2D eigenvalue weighted by Crippen LogP contribution is -2.41. The molecule has 98 valence electrons. The third kappa shape index (κ3) is 3.15. The lowest BCUT2D eigenvalue weighted by molar-refractivity contribution is -0.144. The third-order valence-electron chi connectivity index (χ3n) is 2.94. The summed E-state index contributed by atoms with van der Waals surface area (Å²) in [6, 6.07) is 6.75. The molecule has 1 heterocycles. The Kier molecular flexibility index (Phi) is 4.44. The van der Waals surface area contributed by atoms with Crippen LogP contribution in [0.3, 0.4) is 0 Å². The molecule has 1 fully saturated rings. The number of carbonyl (C=O) groups excluding carboxylic acids is 1. The molecule has 2 unspecified atom stereocenters. The van der Waals surface area contributed by atoms with E-state index in [9.17, 15) is 4.79 Å². The number of ether oxygens (including phenoxy) is 2. The SMILES string of the molecule is COC(=O)C(Nc1cccc(Cl)c1)C1CCCO1. The number of carbonyl (C=O) groups is 1. The van der Waals surface area contributed by atoms with Crippen molar-refractivity contribution in [1.82, 2.24) is 0 Å². The summed E-state index contributed by atoms with van der Waals surface area (Å²) in [4.78, 5) is 11.8. The Morgan fingerprint density at radius 3 is 3.06 bits per heavy atom. The largest absolute Gasteiger partial charge is 0.467 e. The highest BCUT2D eigenvalue weighted by Gasteiger charge is 2.32. The predicted octanol–water partition coefficient (Wildman–Crippen LogP) is 2.47. The van der Waals surface area contributed by atoms with Crippen LogP contribution in [-0.4, -0.2) is 31.8 Å². The van der Waals surface area contributed by atoms with Gasteiger partial charge < -0.3 is 14.8 Å². The van der Waals surface area contributed by atoms with Crippen LogP contribution in [0.4, 0.5) is 5.69 Å². The molecule has 1 aliphatic rings. The van der Waals surface area contributed by atoms with Crippen LogP contribution >= 0.6 is 11.6 Å². The lowest BCUT2D eigenvalue weighted by Gasteiger charge is -2.22. The summed E-state index contributed by atoms with van der Waals surface area (Å²) in [6.07, 6.45) is 1.68. The third-order valence-corrected chi connectivity index (χ3v) is 3.17. The van der Waals surface area contributed by atoms with E-state index in [1.807, 2.05) is 12.1 Å². The van der Waals surface area contributed by atoms with Crippen molar-refractivity contribution in [1.29, 1.82) is 0 Å². The van der Waals surface area contributed by atoms with Crippen LogP contribution in [0.5, 0.6) is 0 Å². The van der Waals surface area contributed by atoms with Crippen LogP contribution in [0.1, 0.15) is 12.8 Å². The highest BCUT2D eigenvalue weighted by molar-refractivity contribution is 6.30. The van der Waals surface area contributed by atoms with Gasteiger partial charge >= 0.3 is 5.97 Å². The topological polar surface area (TPSA) is 47.6 Å². The summed E-state index contributed by atoms with van der Waals surface area (Å²) in [5, 5.41) is 3.75. The average molecular weight is 270 g/mol. The van der Waals surface area contributed by atoms with Crippen molar-refractivity contribution in [2.75, 3.05) is 19.0 Å². The van der Waals surface area contributed by atoms with Gasteiger partial charge in [-0.1, -0.05) is 17.7 Å². The van der Waals surface area contributed by atoms with Gasteiger partial charge in [-0.3, -0.25) is 0 Å². The zero-order valence-corrected chi connectivity index (χ0v) is 10.9. The molecule has 0 saturated carbocycles. The molecule has 2 rings (SSSR count). The fourth-order valence-corrected chi connectivity index (χ4v) is 2.24. The molecule has 2 atom stereocenters. The highest BCUT2D eigenvalue weighted by Crippen LogP contribution is 2.22. The number of halogens is 1. The van der Waals surface area contributed by atoms with Crippen LogP contribution in [0, 0.1) is 0 Å². The van der Waals surface area contributed by atoms with Gasteiger partial charge in [0, 0.05) is 17.3 Å². The van der Waals surface area contributed by atoms with Crippen LogP contribution in [0.25, 0.3) is 0 Å². The molecule has 1 saturated heterocycles. The van der Waals surface area contributed by atoms with Crippen molar-refractivity contribution in [3.63, 3.8) is 0 Å². The molecule has 0 amide bonds. The second kappa shape index (κ2) is 6.07. The molecule has 1 aliphatic heterocycles.